The second-order valence-electron chi connectivity index (χ2n) is 5.23. The van der Waals surface area contributed by atoms with Gasteiger partial charge in [0.2, 0.25) is 0 Å². The summed E-state index contributed by atoms with van der Waals surface area (Å²) in [5.74, 6) is 1.05. The Morgan fingerprint density at radius 1 is 1.18 bits per heavy atom. The summed E-state index contributed by atoms with van der Waals surface area (Å²) >= 11 is 0. The molecule has 1 aromatic rings. The van der Waals surface area contributed by atoms with Crippen molar-refractivity contribution in [2.45, 2.75) is 44.6 Å². The van der Waals surface area contributed by atoms with E-state index in [1.165, 1.54) is 24.8 Å². The Labute approximate surface area is 102 Å². The van der Waals surface area contributed by atoms with E-state index < -0.39 is 0 Å². The van der Waals surface area contributed by atoms with Crippen LogP contribution in [0.1, 0.15) is 36.9 Å². The predicted octanol–water partition coefficient (Wildman–Crippen LogP) is 1.28. The van der Waals surface area contributed by atoms with Crippen molar-refractivity contribution in [3.8, 4) is 0 Å². The van der Waals surface area contributed by atoms with Crippen LogP contribution in [-0.2, 0) is 12.8 Å². The van der Waals surface area contributed by atoms with Crippen molar-refractivity contribution in [2.75, 3.05) is 18.0 Å². The molecule has 0 radical (unpaired) electrons. The van der Waals surface area contributed by atoms with Crippen LogP contribution in [0.15, 0.2) is 6.07 Å². The lowest BCUT2D eigenvalue weighted by molar-refractivity contribution is 0.550. The molecule has 4 nitrogen and oxygen atoms in total. The highest BCUT2D eigenvalue weighted by molar-refractivity contribution is 5.42. The van der Waals surface area contributed by atoms with Gasteiger partial charge in [0.1, 0.15) is 0 Å². The minimum Gasteiger partial charge on any atom is -0.355 e. The van der Waals surface area contributed by atoms with Gasteiger partial charge >= 0.3 is 0 Å². The fourth-order valence-corrected chi connectivity index (χ4v) is 2.82. The maximum Gasteiger partial charge on any atom is 0.151 e. The smallest absolute Gasteiger partial charge is 0.151 e. The Morgan fingerprint density at radius 2 is 2.00 bits per heavy atom. The van der Waals surface area contributed by atoms with Crippen LogP contribution in [-0.4, -0.2) is 29.3 Å². The second kappa shape index (κ2) is 4.61. The molecule has 0 spiro atoms. The van der Waals surface area contributed by atoms with Gasteiger partial charge in [0.05, 0.1) is 5.69 Å². The first-order valence-corrected chi connectivity index (χ1v) is 6.69. The zero-order valence-electron chi connectivity index (χ0n) is 10.2. The molecule has 0 bridgehead atoms. The molecule has 1 aliphatic heterocycles. The van der Waals surface area contributed by atoms with Crippen LogP contribution in [0.5, 0.6) is 0 Å². The highest BCUT2D eigenvalue weighted by Crippen LogP contribution is 2.23. The molecule has 0 amide bonds. The van der Waals surface area contributed by atoms with E-state index in [2.05, 4.69) is 21.2 Å². The van der Waals surface area contributed by atoms with Crippen molar-refractivity contribution < 1.29 is 0 Å². The lowest BCUT2D eigenvalue weighted by Gasteiger charge is -2.28. The van der Waals surface area contributed by atoms with E-state index in [0.717, 1.165) is 43.9 Å². The molecule has 1 saturated heterocycles. The average molecular weight is 232 g/mol. The third kappa shape index (κ3) is 2.27. The van der Waals surface area contributed by atoms with E-state index >= 15 is 0 Å². The quantitative estimate of drug-likeness (QED) is 0.792. The van der Waals surface area contributed by atoms with Crippen LogP contribution >= 0.6 is 0 Å². The van der Waals surface area contributed by atoms with Gasteiger partial charge in [-0.1, -0.05) is 0 Å². The SMILES string of the molecule is N[C@@H]1CCc2nnc(N3CCCCC3)cc2C1. The third-order valence-corrected chi connectivity index (χ3v) is 3.86. The average Bonchev–Trinajstić information content (AvgIpc) is 2.39. The summed E-state index contributed by atoms with van der Waals surface area (Å²) in [6, 6.07) is 2.52. The molecular weight excluding hydrogens is 212 g/mol. The minimum atomic E-state index is 0.306. The van der Waals surface area contributed by atoms with E-state index in [0.29, 0.717) is 6.04 Å². The molecule has 4 heteroatoms. The summed E-state index contributed by atoms with van der Waals surface area (Å²) in [5.41, 5.74) is 8.49. The van der Waals surface area contributed by atoms with Gasteiger partial charge in [-0.15, -0.1) is 5.10 Å². The number of hydrogen-bond donors (Lipinski definition) is 1. The van der Waals surface area contributed by atoms with Crippen molar-refractivity contribution >= 4 is 5.82 Å². The van der Waals surface area contributed by atoms with Gasteiger partial charge in [0.15, 0.2) is 5.82 Å². The highest BCUT2D eigenvalue weighted by Gasteiger charge is 2.20. The molecular formula is C13H20N4. The van der Waals surface area contributed by atoms with E-state index in [-0.39, 0.29) is 0 Å². The van der Waals surface area contributed by atoms with Crippen molar-refractivity contribution in [1.29, 1.82) is 0 Å². The van der Waals surface area contributed by atoms with Gasteiger partial charge in [-0.25, -0.2) is 0 Å². The van der Waals surface area contributed by atoms with Crippen LogP contribution in [0, 0.1) is 0 Å². The van der Waals surface area contributed by atoms with Crippen LogP contribution in [0.4, 0.5) is 5.82 Å². The molecule has 2 aliphatic rings. The highest BCUT2D eigenvalue weighted by atomic mass is 15.3. The van der Waals surface area contributed by atoms with Gasteiger partial charge in [0.25, 0.3) is 0 Å². The first-order valence-electron chi connectivity index (χ1n) is 6.69. The van der Waals surface area contributed by atoms with E-state index in [1.807, 2.05) is 0 Å². The molecule has 0 aromatic carbocycles. The molecule has 17 heavy (non-hydrogen) atoms. The Bertz CT molecular complexity index is 398. The Hall–Kier alpha value is -1.16. The Kier molecular flexibility index (Phi) is 2.97. The topological polar surface area (TPSA) is 55.0 Å². The molecule has 1 aliphatic carbocycles. The summed E-state index contributed by atoms with van der Waals surface area (Å²) < 4.78 is 0. The van der Waals surface area contributed by atoms with Crippen molar-refractivity contribution in [2.24, 2.45) is 5.73 Å². The molecule has 2 heterocycles. The summed E-state index contributed by atoms with van der Waals surface area (Å²) in [5, 5.41) is 8.76. The zero-order valence-corrected chi connectivity index (χ0v) is 10.2. The van der Waals surface area contributed by atoms with Crippen LogP contribution < -0.4 is 10.6 Å². The van der Waals surface area contributed by atoms with E-state index in [4.69, 9.17) is 5.73 Å². The number of rotatable bonds is 1. The van der Waals surface area contributed by atoms with Crippen molar-refractivity contribution in [3.05, 3.63) is 17.3 Å². The molecule has 0 saturated carbocycles. The lowest BCUT2D eigenvalue weighted by atomic mass is 9.93. The number of hydrogen-bond acceptors (Lipinski definition) is 4. The van der Waals surface area contributed by atoms with Crippen molar-refractivity contribution in [1.82, 2.24) is 10.2 Å². The minimum absolute atomic E-state index is 0.306. The molecule has 2 N–H and O–H groups in total. The molecule has 92 valence electrons. The first-order chi connectivity index (χ1) is 8.33. The summed E-state index contributed by atoms with van der Waals surface area (Å²) in [7, 11) is 0. The number of aromatic nitrogens is 2. The van der Waals surface area contributed by atoms with Gasteiger partial charge < -0.3 is 10.6 Å². The first kappa shape index (κ1) is 11.0. The Morgan fingerprint density at radius 3 is 2.82 bits per heavy atom. The fourth-order valence-electron chi connectivity index (χ4n) is 2.82. The van der Waals surface area contributed by atoms with Gasteiger partial charge in [-0.2, -0.15) is 5.10 Å². The molecule has 1 fully saturated rings. The number of fused-ring (bicyclic) bond motifs is 1. The maximum absolute atomic E-state index is 6.02. The summed E-state index contributed by atoms with van der Waals surface area (Å²) in [6.45, 7) is 2.25. The van der Waals surface area contributed by atoms with Gasteiger partial charge in [-0.3, -0.25) is 0 Å². The number of nitrogens with zero attached hydrogens (tertiary/aromatic N) is 3. The number of aryl methyl sites for hydroxylation is 1. The van der Waals surface area contributed by atoms with Crippen LogP contribution in [0.2, 0.25) is 0 Å². The number of anilines is 1. The third-order valence-electron chi connectivity index (χ3n) is 3.86. The lowest BCUT2D eigenvalue weighted by Crippen LogP contribution is -2.32. The fraction of sp³-hybridized carbons (Fsp3) is 0.692. The van der Waals surface area contributed by atoms with Crippen molar-refractivity contribution in [3.63, 3.8) is 0 Å². The largest absolute Gasteiger partial charge is 0.355 e. The standard InChI is InChI=1S/C13H20N4/c14-11-4-5-12-10(8-11)9-13(16-15-12)17-6-2-1-3-7-17/h9,11H,1-8,14H2/t11-/m1/s1. The molecule has 1 atom stereocenters. The van der Waals surface area contributed by atoms with Crippen LogP contribution in [0.3, 0.4) is 0 Å². The monoisotopic (exact) mass is 232 g/mol. The van der Waals surface area contributed by atoms with Gasteiger partial charge in [-0.05, 0) is 50.2 Å². The van der Waals surface area contributed by atoms with E-state index in [9.17, 15) is 0 Å². The summed E-state index contributed by atoms with van der Waals surface area (Å²) in [6.07, 6.45) is 6.90. The molecule has 3 rings (SSSR count). The summed E-state index contributed by atoms with van der Waals surface area (Å²) in [4.78, 5) is 2.36. The van der Waals surface area contributed by atoms with E-state index in [1.54, 1.807) is 0 Å². The maximum atomic E-state index is 6.02. The van der Waals surface area contributed by atoms with Crippen LogP contribution in [0.25, 0.3) is 0 Å². The predicted molar refractivity (Wildman–Crippen MR) is 68.1 cm³/mol. The molecule has 1 aromatic heterocycles. The normalized spacial score (nSPS) is 24.5. The number of piperidine rings is 1. The van der Waals surface area contributed by atoms with Gasteiger partial charge in [0, 0.05) is 19.1 Å². The second-order valence-corrected chi connectivity index (χ2v) is 5.23. The number of nitrogens with two attached hydrogens (primary N) is 1. The molecule has 0 unspecified atom stereocenters. The Balaban J connectivity index is 1.84. The zero-order chi connectivity index (χ0) is 11.7.